The highest BCUT2D eigenvalue weighted by molar-refractivity contribution is 5.79. The number of carbonyl (C=O) groups is 1. The van der Waals surface area contributed by atoms with E-state index in [1.54, 1.807) is 0 Å². The normalized spacial score (nSPS) is 11.1. The minimum absolute atomic E-state index is 0.103. The van der Waals surface area contributed by atoms with Gasteiger partial charge in [-0.1, -0.05) is 42.5 Å². The van der Waals surface area contributed by atoms with E-state index in [0.717, 1.165) is 44.9 Å². The molecule has 0 aliphatic heterocycles. The number of guanidine groups is 1. The van der Waals surface area contributed by atoms with Gasteiger partial charge in [-0.25, -0.2) is 0 Å². The third-order valence-electron chi connectivity index (χ3n) is 4.09. The topological polar surface area (TPSA) is 88.7 Å². The Morgan fingerprint density at radius 3 is 2.39 bits per heavy atom. The lowest BCUT2D eigenvalue weighted by Crippen LogP contribution is -2.38. The highest BCUT2D eigenvalue weighted by Crippen LogP contribution is 2.12. The number of hydrogen-bond acceptors (Lipinski definition) is 3. The molecule has 2 rings (SSSR count). The first-order valence-electron chi connectivity index (χ1n) is 9.73. The molecule has 0 fully saturated rings. The van der Waals surface area contributed by atoms with Gasteiger partial charge in [0, 0.05) is 19.6 Å². The first-order chi connectivity index (χ1) is 13.7. The zero-order valence-electron chi connectivity index (χ0n) is 16.5. The third-order valence-corrected chi connectivity index (χ3v) is 4.09. The number of rotatable bonds is 11. The summed E-state index contributed by atoms with van der Waals surface area (Å²) in [6.07, 6.45) is 2.92. The molecule has 0 radical (unpaired) electrons. The predicted molar refractivity (Wildman–Crippen MR) is 114 cm³/mol. The second-order valence-corrected chi connectivity index (χ2v) is 6.43. The van der Waals surface area contributed by atoms with Crippen LogP contribution in [0.15, 0.2) is 59.6 Å². The van der Waals surface area contributed by atoms with Crippen LogP contribution in [-0.4, -0.2) is 38.1 Å². The van der Waals surface area contributed by atoms with Gasteiger partial charge in [0.15, 0.2) is 12.6 Å². The van der Waals surface area contributed by atoms with Crippen molar-refractivity contribution in [2.75, 3.05) is 26.2 Å². The summed E-state index contributed by atoms with van der Waals surface area (Å²) in [6, 6.07) is 18.2. The Kier molecular flexibility index (Phi) is 9.41. The zero-order chi connectivity index (χ0) is 20.0. The standard InChI is InChI=1S/C22H30N4O2/c1-2-24-22(25-15-6-9-18-7-4-3-5-8-18)26-16-14-19-10-12-20(13-11-19)28-17-21(23)27/h3-5,7-8,10-13H,2,6,9,14-17H2,1H3,(H2,23,27)(H2,24,25,26). The Morgan fingerprint density at radius 1 is 1.00 bits per heavy atom. The second kappa shape index (κ2) is 12.4. The number of ether oxygens (including phenoxy) is 1. The van der Waals surface area contributed by atoms with Crippen molar-refractivity contribution in [2.45, 2.75) is 26.2 Å². The van der Waals surface area contributed by atoms with E-state index in [2.05, 4.69) is 46.8 Å². The van der Waals surface area contributed by atoms with Gasteiger partial charge >= 0.3 is 0 Å². The van der Waals surface area contributed by atoms with Gasteiger partial charge in [0.25, 0.3) is 5.91 Å². The molecule has 0 aromatic heterocycles. The molecule has 0 bridgehead atoms. The molecule has 6 heteroatoms. The molecule has 0 atom stereocenters. The smallest absolute Gasteiger partial charge is 0.255 e. The Morgan fingerprint density at radius 2 is 1.71 bits per heavy atom. The number of benzene rings is 2. The van der Waals surface area contributed by atoms with Crippen LogP contribution in [0.5, 0.6) is 5.75 Å². The van der Waals surface area contributed by atoms with Crippen molar-refractivity contribution < 1.29 is 9.53 Å². The summed E-state index contributed by atoms with van der Waals surface area (Å²) in [5, 5.41) is 6.65. The van der Waals surface area contributed by atoms with Crippen LogP contribution in [0.2, 0.25) is 0 Å². The highest BCUT2D eigenvalue weighted by Gasteiger charge is 2.00. The average Bonchev–Trinajstić information content (AvgIpc) is 2.71. The fraction of sp³-hybridized carbons (Fsp3) is 0.364. The summed E-state index contributed by atoms with van der Waals surface area (Å²) in [5.74, 6) is 1.01. The number of amides is 1. The first kappa shape index (κ1) is 21.3. The largest absolute Gasteiger partial charge is 0.484 e. The summed E-state index contributed by atoms with van der Waals surface area (Å²) in [4.78, 5) is 15.4. The van der Waals surface area contributed by atoms with Crippen LogP contribution in [0.25, 0.3) is 0 Å². The van der Waals surface area contributed by atoms with Crippen LogP contribution >= 0.6 is 0 Å². The molecule has 28 heavy (non-hydrogen) atoms. The summed E-state index contributed by atoms with van der Waals surface area (Å²) in [7, 11) is 0. The van der Waals surface area contributed by atoms with Crippen LogP contribution in [-0.2, 0) is 17.6 Å². The highest BCUT2D eigenvalue weighted by atomic mass is 16.5. The van der Waals surface area contributed by atoms with Crippen LogP contribution < -0.4 is 21.1 Å². The van der Waals surface area contributed by atoms with E-state index >= 15 is 0 Å². The number of nitrogens with two attached hydrogens (primary N) is 1. The zero-order valence-corrected chi connectivity index (χ0v) is 16.5. The second-order valence-electron chi connectivity index (χ2n) is 6.43. The van der Waals surface area contributed by atoms with Gasteiger partial charge < -0.3 is 21.1 Å². The maximum absolute atomic E-state index is 10.7. The Bertz CT molecular complexity index is 730. The molecule has 0 heterocycles. The Balaban J connectivity index is 1.72. The summed E-state index contributed by atoms with van der Waals surface area (Å²) in [5.41, 5.74) is 7.60. The number of carbonyl (C=O) groups excluding carboxylic acids is 1. The SMILES string of the molecule is CCNC(=NCCCc1ccccc1)NCCc1ccc(OCC(N)=O)cc1. The number of nitrogens with zero attached hydrogens (tertiary/aromatic N) is 1. The van der Waals surface area contributed by atoms with Gasteiger partial charge in [0.05, 0.1) is 0 Å². The number of nitrogens with one attached hydrogen (secondary N) is 2. The molecule has 0 saturated carbocycles. The van der Waals surface area contributed by atoms with Crippen molar-refractivity contribution in [3.05, 3.63) is 65.7 Å². The molecule has 0 spiro atoms. The molecule has 6 nitrogen and oxygen atoms in total. The van der Waals surface area contributed by atoms with E-state index in [1.165, 1.54) is 11.1 Å². The molecule has 0 aliphatic rings. The lowest BCUT2D eigenvalue weighted by Gasteiger charge is -2.11. The molecule has 4 N–H and O–H groups in total. The van der Waals surface area contributed by atoms with Crippen molar-refractivity contribution in [2.24, 2.45) is 10.7 Å². The minimum Gasteiger partial charge on any atom is -0.484 e. The summed E-state index contributed by atoms with van der Waals surface area (Å²) < 4.78 is 5.26. The fourth-order valence-corrected chi connectivity index (χ4v) is 2.69. The maximum Gasteiger partial charge on any atom is 0.255 e. The van der Waals surface area contributed by atoms with Gasteiger partial charge in [-0.3, -0.25) is 9.79 Å². The van der Waals surface area contributed by atoms with E-state index in [0.29, 0.717) is 5.75 Å². The van der Waals surface area contributed by atoms with Crippen molar-refractivity contribution in [3.63, 3.8) is 0 Å². The van der Waals surface area contributed by atoms with Gasteiger partial charge in [0.2, 0.25) is 0 Å². The minimum atomic E-state index is -0.479. The number of primary amides is 1. The molecule has 150 valence electrons. The van der Waals surface area contributed by atoms with Crippen molar-refractivity contribution in [3.8, 4) is 5.75 Å². The van der Waals surface area contributed by atoms with Crippen LogP contribution in [0.4, 0.5) is 0 Å². The van der Waals surface area contributed by atoms with Crippen molar-refractivity contribution in [1.29, 1.82) is 0 Å². The Labute approximate surface area is 167 Å². The first-order valence-corrected chi connectivity index (χ1v) is 9.73. The van der Waals surface area contributed by atoms with Crippen molar-refractivity contribution >= 4 is 11.9 Å². The monoisotopic (exact) mass is 382 g/mol. The van der Waals surface area contributed by atoms with E-state index in [-0.39, 0.29) is 6.61 Å². The summed E-state index contributed by atoms with van der Waals surface area (Å²) >= 11 is 0. The Hall–Kier alpha value is -3.02. The fourth-order valence-electron chi connectivity index (χ4n) is 2.69. The lowest BCUT2D eigenvalue weighted by molar-refractivity contribution is -0.119. The number of aliphatic imine (C=N–C) groups is 1. The molecular formula is C22H30N4O2. The maximum atomic E-state index is 10.7. The molecule has 0 unspecified atom stereocenters. The van der Waals surface area contributed by atoms with Gasteiger partial charge in [-0.2, -0.15) is 0 Å². The predicted octanol–water partition coefficient (Wildman–Crippen LogP) is 2.28. The van der Waals surface area contributed by atoms with E-state index in [1.807, 2.05) is 30.3 Å². The van der Waals surface area contributed by atoms with Gasteiger partial charge in [0.1, 0.15) is 5.75 Å². The lowest BCUT2D eigenvalue weighted by atomic mass is 10.1. The van der Waals surface area contributed by atoms with Crippen LogP contribution in [0.3, 0.4) is 0 Å². The molecular weight excluding hydrogens is 352 g/mol. The molecule has 2 aromatic rings. The quantitative estimate of drug-likeness (QED) is 0.316. The average molecular weight is 383 g/mol. The van der Waals surface area contributed by atoms with Gasteiger partial charge in [-0.05, 0) is 49.4 Å². The number of aryl methyl sites for hydroxylation is 1. The molecule has 1 amide bonds. The van der Waals surface area contributed by atoms with E-state index in [4.69, 9.17) is 10.5 Å². The summed E-state index contributed by atoms with van der Waals surface area (Å²) in [6.45, 7) is 4.36. The molecule has 2 aromatic carbocycles. The molecule has 0 aliphatic carbocycles. The van der Waals surface area contributed by atoms with Crippen LogP contribution in [0, 0.1) is 0 Å². The van der Waals surface area contributed by atoms with Gasteiger partial charge in [-0.15, -0.1) is 0 Å². The van der Waals surface area contributed by atoms with Crippen molar-refractivity contribution in [1.82, 2.24) is 10.6 Å². The third kappa shape index (κ3) is 8.58. The van der Waals surface area contributed by atoms with E-state index in [9.17, 15) is 4.79 Å². The van der Waals surface area contributed by atoms with E-state index < -0.39 is 5.91 Å². The molecule has 0 saturated heterocycles. The van der Waals surface area contributed by atoms with Crippen LogP contribution in [0.1, 0.15) is 24.5 Å². The number of hydrogen-bond donors (Lipinski definition) is 3.